The summed E-state index contributed by atoms with van der Waals surface area (Å²) in [4.78, 5) is 0. The summed E-state index contributed by atoms with van der Waals surface area (Å²) < 4.78 is 5.75. The Morgan fingerprint density at radius 3 is 2.75 bits per heavy atom. The maximum absolute atomic E-state index is 5.85. The van der Waals surface area contributed by atoms with Crippen molar-refractivity contribution in [2.45, 2.75) is 42.6 Å². The highest BCUT2D eigenvalue weighted by atomic mass is 32.2. The number of hydrogen-bond donors (Lipinski definition) is 2. The van der Waals surface area contributed by atoms with Gasteiger partial charge in [0.15, 0.2) is 0 Å². The van der Waals surface area contributed by atoms with Gasteiger partial charge in [0.2, 0.25) is 0 Å². The average Bonchev–Trinajstić information content (AvgIpc) is 2.45. The van der Waals surface area contributed by atoms with Gasteiger partial charge in [0.1, 0.15) is 5.75 Å². The molecule has 1 aliphatic heterocycles. The minimum Gasteiger partial charge on any atom is -0.494 e. The van der Waals surface area contributed by atoms with Gasteiger partial charge in [-0.1, -0.05) is 32.0 Å². The van der Waals surface area contributed by atoms with E-state index in [-0.39, 0.29) is 6.04 Å². The Kier molecular flexibility index (Phi) is 6.08. The highest BCUT2D eigenvalue weighted by molar-refractivity contribution is 8.07. The molecule has 4 unspecified atom stereocenters. The molecule has 1 fully saturated rings. The molecule has 0 radical (unpaired) electrons. The largest absolute Gasteiger partial charge is 0.494 e. The first kappa shape index (κ1) is 16.0. The fourth-order valence-electron chi connectivity index (χ4n) is 2.40. The highest BCUT2D eigenvalue weighted by Gasteiger charge is 2.32. The molecule has 20 heavy (non-hydrogen) atoms. The van der Waals surface area contributed by atoms with Crippen molar-refractivity contribution in [3.8, 4) is 5.75 Å². The SMILES string of the molecule is CCOc1ccccc1C(NN)C1CSC(C)C(C)S1. The van der Waals surface area contributed by atoms with Crippen LogP contribution in [0.2, 0.25) is 0 Å². The Balaban J connectivity index is 2.19. The van der Waals surface area contributed by atoms with E-state index in [2.05, 4.69) is 31.4 Å². The second kappa shape index (κ2) is 7.59. The van der Waals surface area contributed by atoms with E-state index in [4.69, 9.17) is 10.6 Å². The van der Waals surface area contributed by atoms with E-state index in [0.29, 0.717) is 22.4 Å². The number of nitrogens with one attached hydrogen (secondary N) is 1. The molecule has 5 heteroatoms. The summed E-state index contributed by atoms with van der Waals surface area (Å²) in [6.45, 7) is 7.29. The van der Waals surface area contributed by atoms with Gasteiger partial charge in [0.25, 0.3) is 0 Å². The number of para-hydroxylation sites is 1. The number of rotatable bonds is 5. The van der Waals surface area contributed by atoms with Crippen molar-refractivity contribution < 1.29 is 4.74 Å². The third-order valence-corrected chi connectivity index (χ3v) is 7.17. The van der Waals surface area contributed by atoms with E-state index in [1.807, 2.05) is 42.6 Å². The lowest BCUT2D eigenvalue weighted by Crippen LogP contribution is -2.40. The minimum atomic E-state index is 0.130. The Morgan fingerprint density at radius 1 is 1.35 bits per heavy atom. The van der Waals surface area contributed by atoms with Gasteiger partial charge in [-0.25, -0.2) is 0 Å². The molecule has 0 aliphatic carbocycles. The molecule has 1 aromatic carbocycles. The van der Waals surface area contributed by atoms with Crippen LogP contribution in [0.3, 0.4) is 0 Å². The summed E-state index contributed by atoms with van der Waals surface area (Å²) in [6, 6.07) is 8.33. The zero-order valence-electron chi connectivity index (χ0n) is 12.3. The summed E-state index contributed by atoms with van der Waals surface area (Å²) in [5.41, 5.74) is 4.17. The number of nitrogens with two attached hydrogens (primary N) is 1. The van der Waals surface area contributed by atoms with Crippen molar-refractivity contribution in [1.29, 1.82) is 0 Å². The topological polar surface area (TPSA) is 47.3 Å². The average molecular weight is 313 g/mol. The Bertz CT molecular complexity index is 430. The molecule has 3 nitrogen and oxygen atoms in total. The molecule has 1 saturated heterocycles. The fraction of sp³-hybridized carbons (Fsp3) is 0.600. The zero-order chi connectivity index (χ0) is 14.5. The predicted octanol–water partition coefficient (Wildman–Crippen LogP) is 3.22. The van der Waals surface area contributed by atoms with Crippen molar-refractivity contribution in [3.63, 3.8) is 0 Å². The van der Waals surface area contributed by atoms with Crippen molar-refractivity contribution >= 4 is 23.5 Å². The molecule has 112 valence electrons. The summed E-state index contributed by atoms with van der Waals surface area (Å²) in [5, 5.41) is 1.82. The van der Waals surface area contributed by atoms with Crippen LogP contribution in [-0.2, 0) is 0 Å². The van der Waals surface area contributed by atoms with Crippen LogP contribution in [0.25, 0.3) is 0 Å². The molecule has 0 bridgehead atoms. The molecule has 4 atom stereocenters. The van der Waals surface area contributed by atoms with Crippen LogP contribution in [0.15, 0.2) is 24.3 Å². The molecule has 0 saturated carbocycles. The van der Waals surface area contributed by atoms with Crippen molar-refractivity contribution in [3.05, 3.63) is 29.8 Å². The van der Waals surface area contributed by atoms with Gasteiger partial charge in [0, 0.05) is 27.1 Å². The van der Waals surface area contributed by atoms with Crippen LogP contribution in [-0.4, -0.2) is 28.1 Å². The maximum Gasteiger partial charge on any atom is 0.124 e. The van der Waals surface area contributed by atoms with Crippen molar-refractivity contribution in [1.82, 2.24) is 5.43 Å². The van der Waals surface area contributed by atoms with Crippen LogP contribution in [0.1, 0.15) is 32.4 Å². The van der Waals surface area contributed by atoms with Crippen LogP contribution in [0.5, 0.6) is 5.75 Å². The normalized spacial score (nSPS) is 28.1. The van der Waals surface area contributed by atoms with E-state index < -0.39 is 0 Å². The molecular weight excluding hydrogens is 288 g/mol. The van der Waals surface area contributed by atoms with E-state index in [9.17, 15) is 0 Å². The first-order valence-electron chi connectivity index (χ1n) is 7.12. The quantitative estimate of drug-likeness (QED) is 0.646. The molecule has 0 aromatic heterocycles. The standard InChI is InChI=1S/C15H24N2OS2/c1-4-18-13-8-6-5-7-12(13)15(17-16)14-9-19-10(2)11(3)20-14/h5-8,10-11,14-15,17H,4,9,16H2,1-3H3. The monoisotopic (exact) mass is 312 g/mol. The lowest BCUT2D eigenvalue weighted by Gasteiger charge is -2.36. The van der Waals surface area contributed by atoms with Crippen molar-refractivity contribution in [2.75, 3.05) is 12.4 Å². The van der Waals surface area contributed by atoms with Crippen LogP contribution >= 0.6 is 23.5 Å². The fourth-order valence-corrected chi connectivity index (χ4v) is 5.49. The predicted molar refractivity (Wildman–Crippen MR) is 90.4 cm³/mol. The molecule has 0 amide bonds. The second-order valence-electron chi connectivity index (χ2n) is 5.03. The first-order valence-corrected chi connectivity index (χ1v) is 9.11. The van der Waals surface area contributed by atoms with Gasteiger partial charge in [-0.2, -0.15) is 23.5 Å². The number of thioether (sulfide) groups is 2. The highest BCUT2D eigenvalue weighted by Crippen LogP contribution is 2.42. The smallest absolute Gasteiger partial charge is 0.124 e. The molecule has 1 aliphatic rings. The van der Waals surface area contributed by atoms with Crippen LogP contribution < -0.4 is 16.0 Å². The van der Waals surface area contributed by atoms with Gasteiger partial charge in [-0.3, -0.25) is 11.3 Å². The van der Waals surface area contributed by atoms with Crippen LogP contribution in [0, 0.1) is 0 Å². The first-order chi connectivity index (χ1) is 9.67. The van der Waals surface area contributed by atoms with E-state index in [0.717, 1.165) is 17.1 Å². The van der Waals surface area contributed by atoms with E-state index in [1.54, 1.807) is 0 Å². The Labute approximate surface area is 130 Å². The summed E-state index contributed by atoms with van der Waals surface area (Å²) >= 11 is 4.06. The van der Waals surface area contributed by atoms with Gasteiger partial charge in [0.05, 0.1) is 12.6 Å². The molecular formula is C15H24N2OS2. The van der Waals surface area contributed by atoms with Gasteiger partial charge < -0.3 is 4.74 Å². The third kappa shape index (κ3) is 3.64. The van der Waals surface area contributed by atoms with Crippen molar-refractivity contribution in [2.24, 2.45) is 5.84 Å². The van der Waals surface area contributed by atoms with E-state index >= 15 is 0 Å². The second-order valence-corrected chi connectivity index (χ2v) is 8.06. The number of benzene rings is 1. The van der Waals surface area contributed by atoms with Crippen LogP contribution in [0.4, 0.5) is 0 Å². The summed E-state index contributed by atoms with van der Waals surface area (Å²) in [6.07, 6.45) is 0. The summed E-state index contributed by atoms with van der Waals surface area (Å²) in [7, 11) is 0. The molecule has 3 N–H and O–H groups in total. The van der Waals surface area contributed by atoms with Gasteiger partial charge in [-0.15, -0.1) is 0 Å². The lowest BCUT2D eigenvalue weighted by atomic mass is 10.0. The van der Waals surface area contributed by atoms with Gasteiger partial charge >= 0.3 is 0 Å². The Morgan fingerprint density at radius 2 is 2.10 bits per heavy atom. The lowest BCUT2D eigenvalue weighted by molar-refractivity contribution is 0.331. The third-order valence-electron chi connectivity index (χ3n) is 3.68. The summed E-state index contributed by atoms with van der Waals surface area (Å²) in [5.74, 6) is 7.91. The Hall–Kier alpha value is -0.360. The number of hydrogen-bond acceptors (Lipinski definition) is 5. The molecule has 2 rings (SSSR count). The number of ether oxygens (including phenoxy) is 1. The van der Waals surface area contributed by atoms with E-state index in [1.165, 1.54) is 0 Å². The molecule has 0 spiro atoms. The zero-order valence-corrected chi connectivity index (χ0v) is 14.0. The molecule has 1 aromatic rings. The molecule has 1 heterocycles. The maximum atomic E-state index is 5.85. The minimum absolute atomic E-state index is 0.130. The number of hydrazine groups is 1. The van der Waals surface area contributed by atoms with Gasteiger partial charge in [-0.05, 0) is 13.0 Å².